The fourth-order valence-electron chi connectivity index (χ4n) is 4.42. The SMILES string of the molecule is COc1ccc2c(c1)CCc1cc(C)ccc1C2Cc1cccc(NS(C)(=O)=O)c1. The van der Waals surface area contributed by atoms with Crippen molar-refractivity contribution in [1.29, 1.82) is 0 Å². The van der Waals surface area contributed by atoms with Gasteiger partial charge in [0.05, 0.1) is 13.4 Å². The van der Waals surface area contributed by atoms with Crippen LogP contribution in [0.25, 0.3) is 0 Å². The van der Waals surface area contributed by atoms with Crippen LogP contribution in [-0.2, 0) is 29.3 Å². The Balaban J connectivity index is 1.77. The van der Waals surface area contributed by atoms with E-state index < -0.39 is 10.0 Å². The van der Waals surface area contributed by atoms with Gasteiger partial charge < -0.3 is 4.74 Å². The lowest BCUT2D eigenvalue weighted by atomic mass is 9.83. The summed E-state index contributed by atoms with van der Waals surface area (Å²) in [6.45, 7) is 2.14. The molecule has 0 radical (unpaired) electrons. The quantitative estimate of drug-likeness (QED) is 0.641. The Morgan fingerprint density at radius 1 is 0.967 bits per heavy atom. The highest BCUT2D eigenvalue weighted by Gasteiger charge is 2.24. The molecule has 1 N–H and O–H groups in total. The molecular weight excluding hydrogens is 394 g/mol. The largest absolute Gasteiger partial charge is 0.497 e. The smallest absolute Gasteiger partial charge is 0.229 e. The minimum absolute atomic E-state index is 0.206. The van der Waals surface area contributed by atoms with E-state index in [0.29, 0.717) is 5.69 Å². The highest BCUT2D eigenvalue weighted by molar-refractivity contribution is 7.92. The average Bonchev–Trinajstić information content (AvgIpc) is 2.83. The summed E-state index contributed by atoms with van der Waals surface area (Å²) in [5.41, 5.74) is 8.35. The van der Waals surface area contributed by atoms with Gasteiger partial charge in [-0.15, -0.1) is 0 Å². The molecule has 0 fully saturated rings. The summed E-state index contributed by atoms with van der Waals surface area (Å²) in [6.07, 6.45) is 3.96. The summed E-state index contributed by atoms with van der Waals surface area (Å²) in [5.74, 6) is 1.09. The van der Waals surface area contributed by atoms with Gasteiger partial charge in [-0.05, 0) is 78.3 Å². The molecule has 1 aliphatic carbocycles. The molecule has 0 aromatic heterocycles. The highest BCUT2D eigenvalue weighted by Crippen LogP contribution is 2.38. The number of anilines is 1. The number of benzene rings is 3. The predicted octanol–water partition coefficient (Wildman–Crippen LogP) is 4.85. The van der Waals surface area contributed by atoms with Gasteiger partial charge in [0.1, 0.15) is 5.75 Å². The Morgan fingerprint density at radius 2 is 1.67 bits per heavy atom. The van der Waals surface area contributed by atoms with E-state index in [0.717, 1.165) is 30.6 Å². The Kier molecular flexibility index (Phi) is 5.56. The topological polar surface area (TPSA) is 55.4 Å². The van der Waals surface area contributed by atoms with Crippen molar-refractivity contribution in [2.75, 3.05) is 18.1 Å². The van der Waals surface area contributed by atoms with E-state index in [2.05, 4.69) is 48.0 Å². The molecule has 0 amide bonds. The standard InChI is InChI=1S/C25H27NO3S/c1-17-7-11-23-19(13-17)8-9-20-16-22(29-2)10-12-24(20)25(23)15-18-5-4-6-21(14-18)26-30(3,27)28/h4-7,10-14,16,25-26H,8-9,15H2,1-3H3. The highest BCUT2D eigenvalue weighted by atomic mass is 32.2. The van der Waals surface area contributed by atoms with E-state index in [4.69, 9.17) is 4.74 Å². The molecule has 1 aliphatic rings. The molecule has 0 saturated heterocycles. The van der Waals surface area contributed by atoms with Crippen molar-refractivity contribution in [1.82, 2.24) is 0 Å². The van der Waals surface area contributed by atoms with E-state index in [9.17, 15) is 8.42 Å². The number of hydrogen-bond acceptors (Lipinski definition) is 3. The van der Waals surface area contributed by atoms with E-state index in [1.165, 1.54) is 34.1 Å². The fraction of sp³-hybridized carbons (Fsp3) is 0.280. The van der Waals surface area contributed by atoms with Crippen LogP contribution in [0.1, 0.15) is 39.3 Å². The second-order valence-electron chi connectivity index (χ2n) is 8.10. The molecule has 4 rings (SSSR count). The first kappa shape index (κ1) is 20.5. The zero-order valence-electron chi connectivity index (χ0n) is 17.6. The van der Waals surface area contributed by atoms with Crippen molar-refractivity contribution < 1.29 is 13.2 Å². The summed E-state index contributed by atoms with van der Waals surface area (Å²) < 4.78 is 31.3. The molecule has 0 bridgehead atoms. The van der Waals surface area contributed by atoms with Gasteiger partial charge in [-0.1, -0.05) is 42.0 Å². The lowest BCUT2D eigenvalue weighted by Gasteiger charge is -2.22. The number of rotatable bonds is 5. The van der Waals surface area contributed by atoms with Gasteiger partial charge in [-0.2, -0.15) is 0 Å². The minimum Gasteiger partial charge on any atom is -0.497 e. The monoisotopic (exact) mass is 421 g/mol. The van der Waals surface area contributed by atoms with Crippen LogP contribution in [0, 0.1) is 6.92 Å². The van der Waals surface area contributed by atoms with Gasteiger partial charge in [0.15, 0.2) is 0 Å². The molecule has 1 unspecified atom stereocenters. The van der Waals surface area contributed by atoms with Crippen LogP contribution >= 0.6 is 0 Å². The molecule has 0 saturated carbocycles. The Bertz CT molecular complexity index is 1180. The number of methoxy groups -OCH3 is 1. The van der Waals surface area contributed by atoms with Gasteiger partial charge in [0.25, 0.3) is 0 Å². The molecule has 3 aromatic rings. The minimum atomic E-state index is -3.31. The number of fused-ring (bicyclic) bond motifs is 2. The summed E-state index contributed by atoms with van der Waals surface area (Å²) >= 11 is 0. The number of nitrogens with one attached hydrogen (secondary N) is 1. The molecule has 30 heavy (non-hydrogen) atoms. The summed E-state index contributed by atoms with van der Waals surface area (Å²) in [4.78, 5) is 0. The normalized spacial score (nSPS) is 15.6. The van der Waals surface area contributed by atoms with E-state index in [-0.39, 0.29) is 5.92 Å². The van der Waals surface area contributed by atoms with Gasteiger partial charge in [-0.3, -0.25) is 4.72 Å². The first-order chi connectivity index (χ1) is 14.3. The summed E-state index contributed by atoms with van der Waals surface area (Å²) in [5, 5.41) is 0. The van der Waals surface area contributed by atoms with Crippen molar-refractivity contribution in [3.63, 3.8) is 0 Å². The van der Waals surface area contributed by atoms with Gasteiger partial charge in [0, 0.05) is 11.6 Å². The van der Waals surface area contributed by atoms with Gasteiger partial charge in [-0.25, -0.2) is 8.42 Å². The van der Waals surface area contributed by atoms with Gasteiger partial charge >= 0.3 is 0 Å². The zero-order chi connectivity index (χ0) is 21.3. The first-order valence-electron chi connectivity index (χ1n) is 10.2. The molecule has 1 atom stereocenters. The van der Waals surface area contributed by atoms with Crippen LogP contribution in [0.15, 0.2) is 60.7 Å². The van der Waals surface area contributed by atoms with Crippen LogP contribution in [-0.4, -0.2) is 21.8 Å². The van der Waals surface area contributed by atoms with Crippen molar-refractivity contribution in [2.45, 2.75) is 32.1 Å². The molecule has 0 heterocycles. The van der Waals surface area contributed by atoms with Crippen LogP contribution in [0.2, 0.25) is 0 Å². The van der Waals surface area contributed by atoms with Crippen molar-refractivity contribution in [2.24, 2.45) is 0 Å². The maximum absolute atomic E-state index is 11.6. The number of sulfonamides is 1. The third-order valence-corrected chi connectivity index (χ3v) is 6.34. The van der Waals surface area contributed by atoms with E-state index in [1.807, 2.05) is 18.2 Å². The second kappa shape index (κ2) is 8.15. The lowest BCUT2D eigenvalue weighted by Crippen LogP contribution is -2.11. The second-order valence-corrected chi connectivity index (χ2v) is 9.85. The average molecular weight is 422 g/mol. The Hall–Kier alpha value is -2.79. The van der Waals surface area contributed by atoms with Gasteiger partial charge in [0.2, 0.25) is 10.0 Å². The molecule has 0 spiro atoms. The Labute approximate surface area is 179 Å². The van der Waals surface area contributed by atoms with Crippen LogP contribution in [0.3, 0.4) is 0 Å². The lowest BCUT2D eigenvalue weighted by molar-refractivity contribution is 0.414. The molecule has 5 heteroatoms. The van der Waals surface area contributed by atoms with Crippen molar-refractivity contribution in [3.05, 3.63) is 94.0 Å². The summed E-state index contributed by atoms with van der Waals surface area (Å²) in [7, 11) is -1.60. The van der Waals surface area contributed by atoms with Crippen molar-refractivity contribution in [3.8, 4) is 5.75 Å². The number of aryl methyl sites for hydroxylation is 3. The Morgan fingerprint density at radius 3 is 2.37 bits per heavy atom. The first-order valence-corrected chi connectivity index (χ1v) is 12.0. The van der Waals surface area contributed by atoms with Crippen LogP contribution < -0.4 is 9.46 Å². The molecule has 156 valence electrons. The summed E-state index contributed by atoms with van der Waals surface area (Å²) in [6, 6.07) is 20.8. The van der Waals surface area contributed by atoms with E-state index >= 15 is 0 Å². The molecule has 3 aromatic carbocycles. The van der Waals surface area contributed by atoms with Crippen molar-refractivity contribution >= 4 is 15.7 Å². The zero-order valence-corrected chi connectivity index (χ0v) is 18.4. The van der Waals surface area contributed by atoms with Crippen LogP contribution in [0.5, 0.6) is 5.75 Å². The molecule has 4 nitrogen and oxygen atoms in total. The maximum Gasteiger partial charge on any atom is 0.229 e. The predicted molar refractivity (Wildman–Crippen MR) is 122 cm³/mol. The van der Waals surface area contributed by atoms with Crippen LogP contribution in [0.4, 0.5) is 5.69 Å². The molecule has 0 aliphatic heterocycles. The van der Waals surface area contributed by atoms with E-state index in [1.54, 1.807) is 13.2 Å². The molecular formula is C25H27NO3S. The number of ether oxygens (including phenoxy) is 1. The third-order valence-electron chi connectivity index (χ3n) is 5.73. The fourth-order valence-corrected chi connectivity index (χ4v) is 4.98. The third kappa shape index (κ3) is 4.51. The number of hydrogen-bond donors (Lipinski definition) is 1. The maximum atomic E-state index is 11.6.